The Morgan fingerprint density at radius 1 is 1.35 bits per heavy atom. The van der Waals surface area contributed by atoms with E-state index in [1.165, 1.54) is 6.26 Å². The topological polar surface area (TPSA) is 49.4 Å². The zero-order valence-corrected chi connectivity index (χ0v) is 12.3. The van der Waals surface area contributed by atoms with Gasteiger partial charge >= 0.3 is 0 Å². The highest BCUT2D eigenvalue weighted by molar-refractivity contribution is 7.88. The summed E-state index contributed by atoms with van der Waals surface area (Å²) in [4.78, 5) is 2.55. The Bertz CT molecular complexity index is 413. The molecule has 0 amide bonds. The molecule has 5 heteroatoms. The SMILES string of the molecule is CC1C[C@@]2(CNS(C)(=O)=O)C[C@H]2N1C(C)(C)C. The molecule has 2 fully saturated rings. The van der Waals surface area contributed by atoms with Crippen molar-refractivity contribution in [2.24, 2.45) is 5.41 Å². The summed E-state index contributed by atoms with van der Waals surface area (Å²) in [6, 6.07) is 1.11. The van der Waals surface area contributed by atoms with Crippen molar-refractivity contribution in [2.75, 3.05) is 12.8 Å². The van der Waals surface area contributed by atoms with Crippen LogP contribution in [0.2, 0.25) is 0 Å². The second-order valence-electron chi connectivity index (χ2n) is 6.81. The minimum absolute atomic E-state index is 0.174. The minimum Gasteiger partial charge on any atom is -0.292 e. The number of sulfonamides is 1. The van der Waals surface area contributed by atoms with Crippen LogP contribution in [0.5, 0.6) is 0 Å². The van der Waals surface area contributed by atoms with E-state index in [-0.39, 0.29) is 11.0 Å². The normalized spacial score (nSPS) is 38.2. The zero-order chi connectivity index (χ0) is 13.1. The van der Waals surface area contributed by atoms with Crippen LogP contribution in [0.1, 0.15) is 40.5 Å². The van der Waals surface area contributed by atoms with Crippen LogP contribution in [-0.2, 0) is 10.0 Å². The number of hydrogen-bond acceptors (Lipinski definition) is 3. The summed E-state index contributed by atoms with van der Waals surface area (Å²) in [5, 5.41) is 0. The van der Waals surface area contributed by atoms with Gasteiger partial charge in [-0.15, -0.1) is 0 Å². The molecule has 0 aromatic rings. The Hall–Kier alpha value is -0.130. The van der Waals surface area contributed by atoms with Crippen LogP contribution < -0.4 is 4.72 Å². The first kappa shape index (κ1) is 13.3. The number of likely N-dealkylation sites (tertiary alicyclic amines) is 1. The molecule has 1 unspecified atom stereocenters. The molecule has 1 heterocycles. The van der Waals surface area contributed by atoms with Crippen molar-refractivity contribution in [3.63, 3.8) is 0 Å². The van der Waals surface area contributed by atoms with E-state index >= 15 is 0 Å². The molecular weight excluding hydrogens is 236 g/mol. The molecule has 0 spiro atoms. The van der Waals surface area contributed by atoms with Crippen LogP contribution in [0, 0.1) is 5.41 Å². The Morgan fingerprint density at radius 3 is 2.35 bits per heavy atom. The Labute approximate surface area is 105 Å². The van der Waals surface area contributed by atoms with Gasteiger partial charge in [-0.1, -0.05) is 0 Å². The highest BCUT2D eigenvalue weighted by Crippen LogP contribution is 2.60. The van der Waals surface area contributed by atoms with Gasteiger partial charge in [0.15, 0.2) is 0 Å². The van der Waals surface area contributed by atoms with Crippen molar-refractivity contribution in [2.45, 2.75) is 58.2 Å². The van der Waals surface area contributed by atoms with E-state index in [9.17, 15) is 8.42 Å². The molecule has 1 aliphatic carbocycles. The van der Waals surface area contributed by atoms with Gasteiger partial charge in [-0.3, -0.25) is 4.90 Å². The third-order valence-electron chi connectivity index (χ3n) is 4.12. The monoisotopic (exact) mass is 260 g/mol. The van der Waals surface area contributed by atoms with Crippen molar-refractivity contribution >= 4 is 10.0 Å². The summed E-state index contributed by atoms with van der Waals surface area (Å²) in [7, 11) is -3.06. The molecule has 1 N–H and O–H groups in total. The standard InChI is InChI=1S/C12H24N2O2S/c1-9-6-12(8-13-17(5,15)16)7-10(12)14(9)11(2,3)4/h9-10,13H,6-8H2,1-5H3/t9?,10-,12+/m1/s1. The molecule has 0 aromatic carbocycles. The van der Waals surface area contributed by atoms with Crippen LogP contribution >= 0.6 is 0 Å². The second kappa shape index (κ2) is 3.68. The summed E-state index contributed by atoms with van der Waals surface area (Å²) in [6.45, 7) is 9.57. The van der Waals surface area contributed by atoms with Gasteiger partial charge in [-0.05, 0) is 40.5 Å². The smallest absolute Gasteiger partial charge is 0.208 e. The molecule has 1 saturated carbocycles. The number of rotatable bonds is 3. The van der Waals surface area contributed by atoms with Gasteiger partial charge in [0, 0.05) is 29.6 Å². The Morgan fingerprint density at radius 2 is 1.94 bits per heavy atom. The van der Waals surface area contributed by atoms with Crippen molar-refractivity contribution in [3.05, 3.63) is 0 Å². The van der Waals surface area contributed by atoms with E-state index in [0.29, 0.717) is 18.6 Å². The summed E-state index contributed by atoms with van der Waals surface area (Å²) in [5.74, 6) is 0. The third-order valence-corrected chi connectivity index (χ3v) is 4.79. The Balaban J connectivity index is 2.05. The van der Waals surface area contributed by atoms with E-state index in [4.69, 9.17) is 0 Å². The molecule has 17 heavy (non-hydrogen) atoms. The maximum absolute atomic E-state index is 11.2. The second-order valence-corrected chi connectivity index (χ2v) is 8.64. The van der Waals surface area contributed by atoms with E-state index < -0.39 is 10.0 Å². The fraction of sp³-hybridized carbons (Fsp3) is 1.00. The fourth-order valence-electron chi connectivity index (χ4n) is 3.60. The maximum atomic E-state index is 11.2. The lowest BCUT2D eigenvalue weighted by Crippen LogP contribution is -2.45. The zero-order valence-electron chi connectivity index (χ0n) is 11.4. The van der Waals surface area contributed by atoms with Gasteiger partial charge in [0.05, 0.1) is 6.26 Å². The highest BCUT2D eigenvalue weighted by atomic mass is 32.2. The summed E-state index contributed by atoms with van der Waals surface area (Å²) in [5.41, 5.74) is 0.378. The number of nitrogens with one attached hydrogen (secondary N) is 1. The van der Waals surface area contributed by atoms with Crippen LogP contribution in [0.25, 0.3) is 0 Å². The highest BCUT2D eigenvalue weighted by Gasteiger charge is 2.64. The van der Waals surface area contributed by atoms with E-state index in [0.717, 1.165) is 12.8 Å². The largest absolute Gasteiger partial charge is 0.292 e. The third kappa shape index (κ3) is 2.51. The predicted molar refractivity (Wildman–Crippen MR) is 69.4 cm³/mol. The van der Waals surface area contributed by atoms with Gasteiger partial charge in [0.25, 0.3) is 0 Å². The molecule has 100 valence electrons. The number of piperidine rings is 1. The van der Waals surface area contributed by atoms with Crippen molar-refractivity contribution in [3.8, 4) is 0 Å². The molecule has 1 aliphatic heterocycles. The number of hydrogen-bond donors (Lipinski definition) is 1. The lowest BCUT2D eigenvalue weighted by molar-refractivity contribution is 0.104. The number of fused-ring (bicyclic) bond motifs is 1. The summed E-state index contributed by atoms with van der Waals surface area (Å²) in [6.07, 6.45) is 3.48. The number of nitrogens with zero attached hydrogens (tertiary/aromatic N) is 1. The molecule has 3 atom stereocenters. The lowest BCUT2D eigenvalue weighted by Gasteiger charge is -2.37. The Kier molecular flexibility index (Phi) is 2.88. The van der Waals surface area contributed by atoms with Crippen LogP contribution in [0.15, 0.2) is 0 Å². The first-order valence-corrected chi connectivity index (χ1v) is 8.17. The minimum atomic E-state index is -3.06. The summed E-state index contributed by atoms with van der Waals surface area (Å²) >= 11 is 0. The molecule has 2 rings (SSSR count). The first-order valence-electron chi connectivity index (χ1n) is 6.28. The van der Waals surface area contributed by atoms with Gasteiger partial charge in [-0.25, -0.2) is 13.1 Å². The fourth-order valence-corrected chi connectivity index (χ4v) is 4.15. The first-order chi connectivity index (χ1) is 7.55. The average molecular weight is 260 g/mol. The maximum Gasteiger partial charge on any atom is 0.208 e. The molecule has 0 bridgehead atoms. The molecular formula is C12H24N2O2S. The van der Waals surface area contributed by atoms with Gasteiger partial charge in [0.2, 0.25) is 10.0 Å². The van der Waals surface area contributed by atoms with Crippen molar-refractivity contribution < 1.29 is 8.42 Å². The van der Waals surface area contributed by atoms with Gasteiger partial charge in [0.1, 0.15) is 0 Å². The van der Waals surface area contributed by atoms with Crippen LogP contribution in [0.4, 0.5) is 0 Å². The van der Waals surface area contributed by atoms with E-state index in [2.05, 4.69) is 37.3 Å². The molecule has 4 nitrogen and oxygen atoms in total. The summed E-state index contributed by atoms with van der Waals surface area (Å²) < 4.78 is 25.1. The molecule has 2 aliphatic rings. The van der Waals surface area contributed by atoms with Gasteiger partial charge < -0.3 is 0 Å². The lowest BCUT2D eigenvalue weighted by atomic mass is 10.00. The molecule has 0 radical (unpaired) electrons. The van der Waals surface area contributed by atoms with Crippen molar-refractivity contribution in [1.29, 1.82) is 0 Å². The van der Waals surface area contributed by atoms with Crippen molar-refractivity contribution in [1.82, 2.24) is 9.62 Å². The predicted octanol–water partition coefficient (Wildman–Crippen LogP) is 1.19. The molecule has 0 aromatic heterocycles. The molecule has 1 saturated heterocycles. The van der Waals surface area contributed by atoms with Crippen LogP contribution in [-0.4, -0.2) is 43.7 Å². The average Bonchev–Trinajstić information content (AvgIpc) is 2.66. The van der Waals surface area contributed by atoms with E-state index in [1.54, 1.807) is 0 Å². The van der Waals surface area contributed by atoms with Crippen LogP contribution in [0.3, 0.4) is 0 Å². The van der Waals surface area contributed by atoms with Gasteiger partial charge in [-0.2, -0.15) is 0 Å². The quantitative estimate of drug-likeness (QED) is 0.829. The van der Waals surface area contributed by atoms with E-state index in [1.807, 2.05) is 0 Å².